The molecule has 4 heteroatoms. The first-order valence-electron chi connectivity index (χ1n) is 5.21. The van der Waals surface area contributed by atoms with E-state index in [2.05, 4.69) is 0 Å². The zero-order valence-corrected chi connectivity index (χ0v) is 9.67. The monoisotopic (exact) mass is 248 g/mol. The molecule has 0 fully saturated rings. The maximum atomic E-state index is 12.9. The molecule has 0 saturated heterocycles. The summed E-state index contributed by atoms with van der Waals surface area (Å²) in [5.74, 6) is 0. The van der Waals surface area contributed by atoms with Crippen molar-refractivity contribution < 1.29 is 12.3 Å². The van der Waals surface area contributed by atoms with Crippen molar-refractivity contribution in [2.45, 2.75) is 11.3 Å². The zero-order valence-electron chi connectivity index (χ0n) is 8.85. The second-order valence-electron chi connectivity index (χ2n) is 4.09. The molecule has 0 unspecified atom stereocenters. The van der Waals surface area contributed by atoms with E-state index in [0.717, 1.165) is 22.3 Å². The standard InChI is InChI=1S/C13H9FO2S/c14-17(15,16)11-5-6-13-10(8-11)7-9-3-1-2-4-12(9)13/h1-6,8H,7H2. The molecule has 0 atom stereocenters. The minimum Gasteiger partial charge on any atom is -0.189 e. The molecule has 17 heavy (non-hydrogen) atoms. The van der Waals surface area contributed by atoms with E-state index in [4.69, 9.17) is 0 Å². The number of rotatable bonds is 1. The Bertz CT molecular complexity index is 705. The Morgan fingerprint density at radius 2 is 1.65 bits per heavy atom. The summed E-state index contributed by atoms with van der Waals surface area (Å²) in [6, 6.07) is 12.3. The van der Waals surface area contributed by atoms with Gasteiger partial charge in [0, 0.05) is 0 Å². The number of benzene rings is 2. The Labute approximate surface area is 98.9 Å². The number of hydrogen-bond acceptors (Lipinski definition) is 2. The van der Waals surface area contributed by atoms with Crippen molar-refractivity contribution in [3.05, 3.63) is 53.6 Å². The molecule has 0 amide bonds. The number of hydrogen-bond donors (Lipinski definition) is 0. The zero-order chi connectivity index (χ0) is 12.0. The lowest BCUT2D eigenvalue weighted by molar-refractivity contribution is 0.552. The lowest BCUT2D eigenvalue weighted by Gasteiger charge is -2.01. The van der Waals surface area contributed by atoms with E-state index in [1.54, 1.807) is 6.07 Å². The fourth-order valence-corrected chi connectivity index (χ4v) is 2.79. The molecule has 2 nitrogen and oxygen atoms in total. The molecule has 1 aliphatic rings. The number of fused-ring (bicyclic) bond motifs is 3. The van der Waals surface area contributed by atoms with E-state index in [0.29, 0.717) is 6.42 Å². The van der Waals surface area contributed by atoms with Crippen LogP contribution in [0.1, 0.15) is 11.1 Å². The van der Waals surface area contributed by atoms with E-state index < -0.39 is 10.2 Å². The molecule has 1 aliphatic carbocycles. The molecular formula is C13H9FO2S. The first-order chi connectivity index (χ1) is 8.05. The lowest BCUT2D eigenvalue weighted by atomic mass is 10.1. The summed E-state index contributed by atoms with van der Waals surface area (Å²) >= 11 is 0. The van der Waals surface area contributed by atoms with Crippen molar-refractivity contribution >= 4 is 10.2 Å². The molecular weight excluding hydrogens is 239 g/mol. The molecule has 0 aliphatic heterocycles. The molecule has 2 aromatic carbocycles. The van der Waals surface area contributed by atoms with E-state index in [1.807, 2.05) is 24.3 Å². The topological polar surface area (TPSA) is 34.1 Å². The average Bonchev–Trinajstić information content (AvgIpc) is 2.65. The Kier molecular flexibility index (Phi) is 2.10. The van der Waals surface area contributed by atoms with Crippen LogP contribution in [0.2, 0.25) is 0 Å². The molecule has 0 radical (unpaired) electrons. The average molecular weight is 248 g/mol. The second kappa shape index (κ2) is 3.40. The van der Waals surface area contributed by atoms with E-state index in [9.17, 15) is 12.3 Å². The van der Waals surface area contributed by atoms with E-state index in [1.165, 1.54) is 12.1 Å². The minimum absolute atomic E-state index is 0.260. The van der Waals surface area contributed by atoms with Crippen LogP contribution < -0.4 is 0 Å². The van der Waals surface area contributed by atoms with Crippen molar-refractivity contribution in [2.24, 2.45) is 0 Å². The van der Waals surface area contributed by atoms with Crippen molar-refractivity contribution in [1.82, 2.24) is 0 Å². The molecule has 3 rings (SSSR count). The smallest absolute Gasteiger partial charge is 0.189 e. The Hall–Kier alpha value is -1.68. The maximum absolute atomic E-state index is 12.9. The molecule has 0 bridgehead atoms. The van der Waals surface area contributed by atoms with Gasteiger partial charge >= 0.3 is 10.2 Å². The lowest BCUT2D eigenvalue weighted by Crippen LogP contribution is -1.93. The van der Waals surface area contributed by atoms with Crippen LogP contribution in [0.3, 0.4) is 0 Å². The van der Waals surface area contributed by atoms with Crippen molar-refractivity contribution in [1.29, 1.82) is 0 Å². The van der Waals surface area contributed by atoms with E-state index in [-0.39, 0.29) is 4.90 Å². The van der Waals surface area contributed by atoms with Crippen LogP contribution in [0.25, 0.3) is 11.1 Å². The predicted octanol–water partition coefficient (Wildman–Crippen LogP) is 2.92. The van der Waals surface area contributed by atoms with Crippen LogP contribution in [0.4, 0.5) is 3.89 Å². The quantitative estimate of drug-likeness (QED) is 0.620. The minimum atomic E-state index is -4.61. The molecule has 0 saturated carbocycles. The predicted molar refractivity (Wildman–Crippen MR) is 63.0 cm³/mol. The third kappa shape index (κ3) is 1.65. The van der Waals surface area contributed by atoms with Gasteiger partial charge in [-0.1, -0.05) is 30.3 Å². The van der Waals surface area contributed by atoms with Crippen LogP contribution in [0, 0.1) is 0 Å². The van der Waals surface area contributed by atoms with Crippen LogP contribution >= 0.6 is 0 Å². The summed E-state index contributed by atoms with van der Waals surface area (Å²) in [6.45, 7) is 0. The van der Waals surface area contributed by atoms with Crippen LogP contribution in [-0.2, 0) is 16.6 Å². The largest absolute Gasteiger partial charge is 0.332 e. The summed E-state index contributed by atoms with van der Waals surface area (Å²) in [5, 5.41) is 0. The SMILES string of the molecule is O=S(=O)(F)c1ccc2c(c1)Cc1ccccc1-2. The van der Waals surface area contributed by atoms with E-state index >= 15 is 0 Å². The van der Waals surface area contributed by atoms with Gasteiger partial charge < -0.3 is 0 Å². The highest BCUT2D eigenvalue weighted by atomic mass is 32.3. The number of halogens is 1. The van der Waals surface area contributed by atoms with Gasteiger partial charge in [0.15, 0.2) is 0 Å². The molecule has 0 spiro atoms. The third-order valence-corrected chi connectivity index (χ3v) is 3.86. The normalized spacial score (nSPS) is 13.2. The van der Waals surface area contributed by atoms with Gasteiger partial charge in [-0.15, -0.1) is 3.89 Å². The highest BCUT2D eigenvalue weighted by Gasteiger charge is 2.21. The molecule has 2 aromatic rings. The Morgan fingerprint density at radius 1 is 0.941 bits per heavy atom. The van der Waals surface area contributed by atoms with Crippen LogP contribution in [0.15, 0.2) is 47.4 Å². The summed E-state index contributed by atoms with van der Waals surface area (Å²) in [6.07, 6.45) is 0.662. The third-order valence-electron chi connectivity index (χ3n) is 3.05. The Morgan fingerprint density at radius 3 is 2.41 bits per heavy atom. The van der Waals surface area contributed by atoms with Gasteiger partial charge in [-0.25, -0.2) is 0 Å². The maximum Gasteiger partial charge on any atom is 0.332 e. The highest BCUT2D eigenvalue weighted by molar-refractivity contribution is 7.86. The summed E-state index contributed by atoms with van der Waals surface area (Å²) < 4.78 is 34.6. The first-order valence-corrected chi connectivity index (χ1v) is 6.60. The van der Waals surface area contributed by atoms with Crippen molar-refractivity contribution in [3.63, 3.8) is 0 Å². The van der Waals surface area contributed by atoms with Gasteiger partial charge in [-0.05, 0) is 40.8 Å². The molecule has 0 aromatic heterocycles. The fraction of sp³-hybridized carbons (Fsp3) is 0.0769. The fourth-order valence-electron chi connectivity index (χ4n) is 2.27. The summed E-state index contributed by atoms with van der Waals surface area (Å²) in [4.78, 5) is -0.260. The summed E-state index contributed by atoms with van der Waals surface area (Å²) in [5.41, 5.74) is 4.11. The molecule has 0 N–H and O–H groups in total. The van der Waals surface area contributed by atoms with Gasteiger partial charge in [-0.2, -0.15) is 8.42 Å². The van der Waals surface area contributed by atoms with Gasteiger partial charge in [-0.3, -0.25) is 0 Å². The summed E-state index contributed by atoms with van der Waals surface area (Å²) in [7, 11) is -4.61. The van der Waals surface area contributed by atoms with Gasteiger partial charge in [0.1, 0.15) is 0 Å². The molecule has 86 valence electrons. The first kappa shape index (κ1) is 10.5. The highest BCUT2D eigenvalue weighted by Crippen LogP contribution is 2.37. The van der Waals surface area contributed by atoms with Gasteiger partial charge in [0.2, 0.25) is 0 Å². The van der Waals surface area contributed by atoms with Crippen LogP contribution in [-0.4, -0.2) is 8.42 Å². The van der Waals surface area contributed by atoms with Crippen molar-refractivity contribution in [3.8, 4) is 11.1 Å². The van der Waals surface area contributed by atoms with Gasteiger partial charge in [0.05, 0.1) is 4.90 Å². The van der Waals surface area contributed by atoms with Crippen LogP contribution in [0.5, 0.6) is 0 Å². The second-order valence-corrected chi connectivity index (χ2v) is 5.44. The Balaban J connectivity index is 2.20. The molecule has 0 heterocycles. The van der Waals surface area contributed by atoms with Crippen molar-refractivity contribution in [2.75, 3.05) is 0 Å². The van der Waals surface area contributed by atoms with Gasteiger partial charge in [0.25, 0.3) is 0 Å².